The summed E-state index contributed by atoms with van der Waals surface area (Å²) >= 11 is 0. The lowest BCUT2D eigenvalue weighted by molar-refractivity contribution is 0.933. The molecule has 3 rings (SSSR count). The van der Waals surface area contributed by atoms with Crippen LogP contribution in [0.4, 0.5) is 0 Å². The molecule has 4 nitrogen and oxygen atoms in total. The topological polar surface area (TPSA) is 58.6 Å². The van der Waals surface area contributed by atoms with Crippen molar-refractivity contribution in [1.82, 2.24) is 15.0 Å². The molecule has 0 amide bonds. The van der Waals surface area contributed by atoms with E-state index in [1.54, 1.807) is 19.3 Å². The van der Waals surface area contributed by atoms with E-state index in [9.17, 15) is 4.79 Å². The van der Waals surface area contributed by atoms with E-state index in [2.05, 4.69) is 15.0 Å². The summed E-state index contributed by atoms with van der Waals surface area (Å²) < 4.78 is 0. The predicted octanol–water partition coefficient (Wildman–Crippen LogP) is 2.73. The number of aromatic nitrogens is 3. The molecule has 0 aliphatic carbocycles. The second kappa shape index (κ2) is 5.71. The minimum atomic E-state index is -0.0899. The number of nitrogens with one attached hydrogen (secondary N) is 1. The summed E-state index contributed by atoms with van der Waals surface area (Å²) in [5.41, 5.74) is 3.31. The van der Waals surface area contributed by atoms with Crippen molar-refractivity contribution >= 4 is 0 Å². The summed E-state index contributed by atoms with van der Waals surface area (Å²) in [6, 6.07) is 13.6. The Hall–Kier alpha value is -2.75. The molecule has 21 heavy (non-hydrogen) atoms. The van der Waals surface area contributed by atoms with E-state index in [0.29, 0.717) is 17.8 Å². The first-order valence-corrected chi connectivity index (χ1v) is 6.78. The van der Waals surface area contributed by atoms with Gasteiger partial charge >= 0.3 is 0 Å². The molecule has 0 bridgehead atoms. The fourth-order valence-corrected chi connectivity index (χ4v) is 2.23. The maximum Gasteiger partial charge on any atom is 0.254 e. The van der Waals surface area contributed by atoms with Gasteiger partial charge in [-0.15, -0.1) is 0 Å². The molecule has 4 heteroatoms. The van der Waals surface area contributed by atoms with Gasteiger partial charge in [0.25, 0.3) is 5.56 Å². The summed E-state index contributed by atoms with van der Waals surface area (Å²) in [5.74, 6) is 0.663. The van der Waals surface area contributed by atoms with Crippen molar-refractivity contribution in [3.63, 3.8) is 0 Å². The Balaban J connectivity index is 2.04. The summed E-state index contributed by atoms with van der Waals surface area (Å²) in [5, 5.41) is 0. The van der Waals surface area contributed by atoms with Gasteiger partial charge in [0.15, 0.2) is 0 Å². The average Bonchev–Trinajstić information content (AvgIpc) is 2.52. The highest BCUT2D eigenvalue weighted by Gasteiger charge is 2.09. The number of benzene rings is 1. The minimum absolute atomic E-state index is 0.0899. The minimum Gasteiger partial charge on any atom is -0.310 e. The van der Waals surface area contributed by atoms with Crippen LogP contribution in [0.15, 0.2) is 59.7 Å². The molecule has 1 aromatic carbocycles. The molecular weight excluding hydrogens is 262 g/mol. The molecule has 104 valence electrons. The van der Waals surface area contributed by atoms with Crippen molar-refractivity contribution in [2.75, 3.05) is 0 Å². The number of nitrogens with zero attached hydrogens (tertiary/aromatic N) is 2. The molecule has 0 atom stereocenters. The largest absolute Gasteiger partial charge is 0.310 e. The number of aromatic amines is 1. The molecule has 0 radical (unpaired) electrons. The van der Waals surface area contributed by atoms with Crippen LogP contribution in [0.2, 0.25) is 0 Å². The van der Waals surface area contributed by atoms with Gasteiger partial charge in [-0.05, 0) is 24.6 Å². The quantitative estimate of drug-likeness (QED) is 0.800. The molecule has 0 unspecified atom stereocenters. The summed E-state index contributed by atoms with van der Waals surface area (Å²) in [7, 11) is 0. The highest BCUT2D eigenvalue weighted by Crippen LogP contribution is 2.18. The van der Waals surface area contributed by atoms with Crippen molar-refractivity contribution in [3.8, 4) is 11.3 Å². The lowest BCUT2D eigenvalue weighted by atomic mass is 10.1. The Morgan fingerprint density at radius 3 is 2.48 bits per heavy atom. The second-order valence-electron chi connectivity index (χ2n) is 4.88. The van der Waals surface area contributed by atoms with Crippen LogP contribution in [0, 0.1) is 6.92 Å². The molecule has 2 aromatic heterocycles. The van der Waals surface area contributed by atoms with Crippen LogP contribution in [0.25, 0.3) is 11.3 Å². The van der Waals surface area contributed by atoms with E-state index >= 15 is 0 Å². The highest BCUT2D eigenvalue weighted by atomic mass is 16.1. The average molecular weight is 277 g/mol. The fourth-order valence-electron chi connectivity index (χ4n) is 2.23. The van der Waals surface area contributed by atoms with Gasteiger partial charge in [0.05, 0.1) is 5.69 Å². The smallest absolute Gasteiger partial charge is 0.254 e. The first-order valence-electron chi connectivity index (χ1n) is 6.78. The van der Waals surface area contributed by atoms with E-state index in [1.807, 2.05) is 42.5 Å². The van der Waals surface area contributed by atoms with E-state index in [0.717, 1.165) is 16.8 Å². The number of hydrogen-bond acceptors (Lipinski definition) is 3. The Labute approximate surface area is 122 Å². The number of pyridine rings is 1. The Kier molecular flexibility index (Phi) is 3.60. The number of H-pyrrole nitrogens is 1. The molecule has 0 saturated carbocycles. The third-order valence-corrected chi connectivity index (χ3v) is 3.37. The maximum atomic E-state index is 12.1. The van der Waals surface area contributed by atoms with Gasteiger partial charge in [-0.2, -0.15) is 0 Å². The lowest BCUT2D eigenvalue weighted by Crippen LogP contribution is -2.16. The van der Waals surface area contributed by atoms with Crippen molar-refractivity contribution in [2.45, 2.75) is 13.3 Å². The third kappa shape index (κ3) is 2.89. The van der Waals surface area contributed by atoms with Gasteiger partial charge in [0.1, 0.15) is 5.82 Å². The van der Waals surface area contributed by atoms with Crippen LogP contribution >= 0.6 is 0 Å². The van der Waals surface area contributed by atoms with Gasteiger partial charge < -0.3 is 4.98 Å². The van der Waals surface area contributed by atoms with Crippen LogP contribution in [0.3, 0.4) is 0 Å². The van der Waals surface area contributed by atoms with E-state index in [1.165, 1.54) is 0 Å². The van der Waals surface area contributed by atoms with Gasteiger partial charge in [0, 0.05) is 29.9 Å². The SMILES string of the molecule is Cc1c(-c2ccccc2)nc(Cc2ccncc2)[nH]c1=O. The Morgan fingerprint density at radius 1 is 1.05 bits per heavy atom. The first-order chi connectivity index (χ1) is 10.2. The van der Waals surface area contributed by atoms with Crippen molar-refractivity contribution < 1.29 is 0 Å². The van der Waals surface area contributed by atoms with Gasteiger partial charge in [0.2, 0.25) is 0 Å². The maximum absolute atomic E-state index is 12.1. The van der Waals surface area contributed by atoms with Crippen molar-refractivity contribution in [2.24, 2.45) is 0 Å². The molecule has 0 fully saturated rings. The molecule has 3 aromatic rings. The molecule has 1 N–H and O–H groups in total. The zero-order chi connectivity index (χ0) is 14.7. The monoisotopic (exact) mass is 277 g/mol. The Bertz CT molecular complexity index is 795. The van der Waals surface area contributed by atoms with Gasteiger partial charge in [-0.3, -0.25) is 9.78 Å². The van der Waals surface area contributed by atoms with E-state index in [4.69, 9.17) is 0 Å². The van der Waals surface area contributed by atoms with Gasteiger partial charge in [-0.1, -0.05) is 30.3 Å². The Morgan fingerprint density at radius 2 is 1.76 bits per heavy atom. The third-order valence-electron chi connectivity index (χ3n) is 3.37. The molecule has 0 spiro atoms. The standard InChI is InChI=1S/C17H15N3O/c1-12-16(14-5-3-2-4-6-14)19-15(20-17(12)21)11-13-7-9-18-10-8-13/h2-10H,11H2,1H3,(H,19,20,21). The zero-order valence-corrected chi connectivity index (χ0v) is 11.7. The second-order valence-corrected chi connectivity index (χ2v) is 4.88. The normalized spacial score (nSPS) is 10.5. The van der Waals surface area contributed by atoms with Crippen LogP contribution in [-0.2, 0) is 6.42 Å². The molecule has 2 heterocycles. The van der Waals surface area contributed by atoms with Crippen LogP contribution < -0.4 is 5.56 Å². The van der Waals surface area contributed by atoms with Crippen molar-refractivity contribution in [3.05, 3.63) is 82.2 Å². The zero-order valence-electron chi connectivity index (χ0n) is 11.7. The predicted molar refractivity (Wildman–Crippen MR) is 82.1 cm³/mol. The van der Waals surface area contributed by atoms with E-state index < -0.39 is 0 Å². The highest BCUT2D eigenvalue weighted by molar-refractivity contribution is 5.62. The molecule has 0 saturated heterocycles. The van der Waals surface area contributed by atoms with Crippen LogP contribution in [0.5, 0.6) is 0 Å². The lowest BCUT2D eigenvalue weighted by Gasteiger charge is -2.08. The van der Waals surface area contributed by atoms with Gasteiger partial charge in [-0.25, -0.2) is 4.98 Å². The fraction of sp³-hybridized carbons (Fsp3) is 0.118. The summed E-state index contributed by atoms with van der Waals surface area (Å²) in [6.45, 7) is 1.80. The summed E-state index contributed by atoms with van der Waals surface area (Å²) in [6.07, 6.45) is 4.05. The number of rotatable bonds is 3. The first kappa shape index (κ1) is 13.2. The van der Waals surface area contributed by atoms with Crippen LogP contribution in [-0.4, -0.2) is 15.0 Å². The summed E-state index contributed by atoms with van der Waals surface area (Å²) in [4.78, 5) is 23.6. The van der Waals surface area contributed by atoms with Crippen molar-refractivity contribution in [1.29, 1.82) is 0 Å². The molecule has 0 aliphatic rings. The van der Waals surface area contributed by atoms with Crippen LogP contribution in [0.1, 0.15) is 17.0 Å². The molecule has 0 aliphatic heterocycles. The number of hydrogen-bond donors (Lipinski definition) is 1. The van der Waals surface area contributed by atoms with E-state index in [-0.39, 0.29) is 5.56 Å². The molecular formula is C17H15N3O.